The number of carboxylic acid groups (broad SMARTS) is 1. The summed E-state index contributed by atoms with van der Waals surface area (Å²) in [6, 6.07) is 0.753. The lowest BCUT2D eigenvalue weighted by atomic mass is 9.87. The summed E-state index contributed by atoms with van der Waals surface area (Å²) in [4.78, 5) is 27.5. The van der Waals surface area contributed by atoms with Gasteiger partial charge in [0.1, 0.15) is 0 Å². The van der Waals surface area contributed by atoms with Crippen LogP contribution < -0.4 is 0 Å². The molecule has 3 fully saturated rings. The maximum atomic E-state index is 12.3. The molecular formula is C18H30F3N3O5. The number of ether oxygens (including phenoxy) is 2. The fraction of sp³-hybridized carbons (Fsp3) is 0.889. The molecule has 0 aromatic carbocycles. The predicted octanol–water partition coefficient (Wildman–Crippen LogP) is 1.50. The first-order valence-corrected chi connectivity index (χ1v) is 9.70. The molecule has 0 saturated carbocycles. The first-order chi connectivity index (χ1) is 13.5. The largest absolute Gasteiger partial charge is 0.490 e. The van der Waals surface area contributed by atoms with Crippen LogP contribution >= 0.6 is 0 Å². The van der Waals surface area contributed by atoms with Gasteiger partial charge in [-0.05, 0) is 25.8 Å². The smallest absolute Gasteiger partial charge is 0.475 e. The van der Waals surface area contributed by atoms with Gasteiger partial charge in [0.05, 0.1) is 13.2 Å². The average Bonchev–Trinajstić information content (AvgIpc) is 2.96. The van der Waals surface area contributed by atoms with E-state index in [4.69, 9.17) is 19.4 Å². The summed E-state index contributed by atoms with van der Waals surface area (Å²) in [6.45, 7) is 6.90. The Morgan fingerprint density at radius 3 is 2.24 bits per heavy atom. The highest BCUT2D eigenvalue weighted by Crippen LogP contribution is 2.36. The summed E-state index contributed by atoms with van der Waals surface area (Å²) in [5.74, 6) is -2.76. The molecule has 0 radical (unpaired) electrons. The number of amides is 2. The highest BCUT2D eigenvalue weighted by molar-refractivity contribution is 5.74. The molecule has 3 saturated heterocycles. The Labute approximate surface area is 168 Å². The number of nitrogens with zero attached hydrogens (tertiary/aromatic N) is 3. The van der Waals surface area contributed by atoms with Crippen LogP contribution in [-0.4, -0.2) is 111 Å². The second-order valence-electron chi connectivity index (χ2n) is 8.02. The fourth-order valence-electron chi connectivity index (χ4n) is 4.02. The molecular weight excluding hydrogens is 395 g/mol. The molecule has 168 valence electrons. The van der Waals surface area contributed by atoms with Crippen LogP contribution in [0.5, 0.6) is 0 Å². The van der Waals surface area contributed by atoms with E-state index in [9.17, 15) is 18.0 Å². The summed E-state index contributed by atoms with van der Waals surface area (Å²) in [5.41, 5.74) is 0.112. The van der Waals surface area contributed by atoms with E-state index in [0.29, 0.717) is 19.2 Å². The molecule has 0 aliphatic carbocycles. The number of halogens is 3. The molecule has 0 aromatic heterocycles. The Morgan fingerprint density at radius 2 is 1.69 bits per heavy atom. The summed E-state index contributed by atoms with van der Waals surface area (Å²) < 4.78 is 43.1. The minimum absolute atomic E-state index is 0.106. The number of aliphatic carboxylic acids is 1. The molecule has 3 aliphatic heterocycles. The maximum absolute atomic E-state index is 12.3. The number of urea groups is 1. The van der Waals surface area contributed by atoms with Gasteiger partial charge in [-0.3, -0.25) is 4.90 Å². The van der Waals surface area contributed by atoms with Crippen LogP contribution in [0.15, 0.2) is 0 Å². The second kappa shape index (κ2) is 9.94. The van der Waals surface area contributed by atoms with E-state index in [1.54, 1.807) is 4.90 Å². The van der Waals surface area contributed by atoms with Gasteiger partial charge in [0.15, 0.2) is 0 Å². The van der Waals surface area contributed by atoms with Crippen molar-refractivity contribution >= 4 is 12.0 Å². The molecule has 29 heavy (non-hydrogen) atoms. The Kier molecular flexibility index (Phi) is 8.12. The number of carbonyl (C=O) groups is 2. The van der Waals surface area contributed by atoms with Crippen molar-refractivity contribution in [2.75, 3.05) is 66.7 Å². The third-order valence-electron chi connectivity index (χ3n) is 5.51. The number of likely N-dealkylation sites (tertiary alicyclic amines) is 1. The normalized spacial score (nSPS) is 26.6. The number of hydrogen-bond donors (Lipinski definition) is 1. The SMILES string of the molecule is CN(C)C(=O)N1CCOCC2(CCN(C3CCOCC3)C2)C1.O=C(O)C(F)(F)F. The lowest BCUT2D eigenvalue weighted by Gasteiger charge is -2.35. The van der Waals surface area contributed by atoms with Gasteiger partial charge >= 0.3 is 18.2 Å². The van der Waals surface area contributed by atoms with E-state index in [1.807, 2.05) is 19.0 Å². The average molecular weight is 425 g/mol. The molecule has 1 atom stereocenters. The summed E-state index contributed by atoms with van der Waals surface area (Å²) >= 11 is 0. The molecule has 1 unspecified atom stereocenters. The molecule has 1 N–H and O–H groups in total. The van der Waals surface area contributed by atoms with Crippen molar-refractivity contribution < 1.29 is 37.3 Å². The summed E-state index contributed by atoms with van der Waals surface area (Å²) in [5, 5.41) is 7.12. The Balaban J connectivity index is 0.000000370. The topological polar surface area (TPSA) is 82.5 Å². The lowest BCUT2D eigenvalue weighted by molar-refractivity contribution is -0.192. The Hall–Kier alpha value is -1.59. The zero-order chi connectivity index (χ0) is 21.7. The minimum Gasteiger partial charge on any atom is -0.475 e. The zero-order valence-corrected chi connectivity index (χ0v) is 16.9. The summed E-state index contributed by atoms with van der Waals surface area (Å²) in [7, 11) is 3.65. The number of carboxylic acids is 1. The number of carbonyl (C=O) groups excluding carboxylic acids is 1. The van der Waals surface area contributed by atoms with E-state index < -0.39 is 12.1 Å². The highest BCUT2D eigenvalue weighted by atomic mass is 19.4. The first kappa shape index (κ1) is 23.7. The van der Waals surface area contributed by atoms with Crippen molar-refractivity contribution in [1.29, 1.82) is 0 Å². The van der Waals surface area contributed by atoms with Gasteiger partial charge in [-0.1, -0.05) is 0 Å². The Bertz CT molecular complexity index is 569. The molecule has 0 aromatic rings. The fourth-order valence-corrected chi connectivity index (χ4v) is 4.02. The van der Waals surface area contributed by atoms with Gasteiger partial charge in [0.2, 0.25) is 0 Å². The first-order valence-electron chi connectivity index (χ1n) is 9.70. The predicted molar refractivity (Wildman–Crippen MR) is 97.6 cm³/mol. The minimum atomic E-state index is -5.08. The second-order valence-corrected chi connectivity index (χ2v) is 8.02. The molecule has 11 heteroatoms. The van der Waals surface area contributed by atoms with Crippen molar-refractivity contribution in [3.05, 3.63) is 0 Å². The third-order valence-corrected chi connectivity index (χ3v) is 5.51. The van der Waals surface area contributed by atoms with E-state index in [0.717, 1.165) is 58.7 Å². The van der Waals surface area contributed by atoms with Crippen LogP contribution in [0.3, 0.4) is 0 Å². The van der Waals surface area contributed by atoms with Gasteiger partial charge < -0.3 is 24.4 Å². The van der Waals surface area contributed by atoms with Crippen molar-refractivity contribution in [2.45, 2.75) is 31.5 Å². The van der Waals surface area contributed by atoms with Crippen LogP contribution in [0, 0.1) is 5.41 Å². The van der Waals surface area contributed by atoms with E-state index in [1.165, 1.54) is 0 Å². The van der Waals surface area contributed by atoms with E-state index in [2.05, 4.69) is 4.90 Å². The van der Waals surface area contributed by atoms with E-state index in [-0.39, 0.29) is 11.4 Å². The summed E-state index contributed by atoms with van der Waals surface area (Å²) in [6.07, 6.45) is -1.68. The van der Waals surface area contributed by atoms with Crippen LogP contribution in [0.25, 0.3) is 0 Å². The number of alkyl halides is 3. The highest BCUT2D eigenvalue weighted by Gasteiger charge is 2.44. The lowest BCUT2D eigenvalue weighted by Crippen LogP contribution is -2.47. The molecule has 8 nitrogen and oxygen atoms in total. The van der Waals surface area contributed by atoms with Gasteiger partial charge in [-0.15, -0.1) is 0 Å². The van der Waals surface area contributed by atoms with Crippen molar-refractivity contribution in [3.8, 4) is 0 Å². The van der Waals surface area contributed by atoms with Crippen molar-refractivity contribution in [3.63, 3.8) is 0 Å². The molecule has 3 aliphatic rings. The van der Waals surface area contributed by atoms with Crippen molar-refractivity contribution in [1.82, 2.24) is 14.7 Å². The molecule has 2 amide bonds. The van der Waals surface area contributed by atoms with Crippen LogP contribution in [0.2, 0.25) is 0 Å². The molecule has 3 rings (SSSR count). The number of rotatable bonds is 1. The van der Waals surface area contributed by atoms with Gasteiger partial charge in [0, 0.05) is 58.4 Å². The van der Waals surface area contributed by atoms with Crippen LogP contribution in [0.1, 0.15) is 19.3 Å². The van der Waals surface area contributed by atoms with Crippen molar-refractivity contribution in [2.24, 2.45) is 5.41 Å². The van der Waals surface area contributed by atoms with Gasteiger partial charge in [0.25, 0.3) is 0 Å². The number of hydrogen-bond acceptors (Lipinski definition) is 5. The Morgan fingerprint density at radius 1 is 1.07 bits per heavy atom. The maximum Gasteiger partial charge on any atom is 0.490 e. The zero-order valence-electron chi connectivity index (χ0n) is 16.9. The third kappa shape index (κ3) is 6.71. The molecule has 1 spiro atoms. The van der Waals surface area contributed by atoms with Crippen LogP contribution in [-0.2, 0) is 14.3 Å². The van der Waals surface area contributed by atoms with Gasteiger partial charge in [-0.2, -0.15) is 13.2 Å². The molecule has 3 heterocycles. The van der Waals surface area contributed by atoms with Gasteiger partial charge in [-0.25, -0.2) is 9.59 Å². The standard InChI is InChI=1S/C16H29N3O3.C2HF3O2/c1-17(2)15(20)19-7-10-22-13-16(12-19)5-6-18(11-16)14-3-8-21-9-4-14;3-2(4,5)1(6)7/h14H,3-13H2,1-2H3;(H,6,7). The van der Waals surface area contributed by atoms with E-state index >= 15 is 0 Å². The van der Waals surface area contributed by atoms with Crippen LogP contribution in [0.4, 0.5) is 18.0 Å². The molecule has 0 bridgehead atoms. The quantitative estimate of drug-likeness (QED) is 0.686. The monoisotopic (exact) mass is 425 g/mol.